The molecule has 0 bridgehead atoms. The fourth-order valence-corrected chi connectivity index (χ4v) is 3.60. The van der Waals surface area contributed by atoms with Crippen LogP contribution in [0.4, 0.5) is 0 Å². The van der Waals surface area contributed by atoms with E-state index in [0.717, 1.165) is 22.6 Å². The molecule has 0 aliphatic heterocycles. The van der Waals surface area contributed by atoms with Crippen LogP contribution in [0.1, 0.15) is 17.0 Å². The van der Waals surface area contributed by atoms with Crippen molar-refractivity contribution in [3.05, 3.63) is 80.4 Å². The van der Waals surface area contributed by atoms with Crippen LogP contribution in [-0.4, -0.2) is 28.8 Å². The van der Waals surface area contributed by atoms with Crippen LogP contribution in [0.25, 0.3) is 23.2 Å². The lowest BCUT2D eigenvalue weighted by Gasteiger charge is -1.99. The summed E-state index contributed by atoms with van der Waals surface area (Å²) in [5.41, 5.74) is 1.70. The van der Waals surface area contributed by atoms with Crippen LogP contribution in [0.15, 0.2) is 53.3 Å². The van der Waals surface area contributed by atoms with E-state index in [4.69, 9.17) is 9.47 Å². The second kappa shape index (κ2) is 7.66. The van der Waals surface area contributed by atoms with Gasteiger partial charge in [0, 0.05) is 0 Å². The van der Waals surface area contributed by atoms with Gasteiger partial charge in [0.15, 0.2) is 5.82 Å². The topological polar surface area (TPSA) is 65.7 Å². The summed E-state index contributed by atoms with van der Waals surface area (Å²) < 4.78 is 12.3. The monoisotopic (exact) mass is 391 g/mol. The molecule has 0 saturated carbocycles. The molecule has 0 spiro atoms. The average molecular weight is 391 g/mol. The zero-order valence-electron chi connectivity index (χ0n) is 15.3. The molecule has 140 valence electrons. The average Bonchev–Trinajstić information content (AvgIpc) is 3.26. The Morgan fingerprint density at radius 1 is 0.964 bits per heavy atom. The van der Waals surface area contributed by atoms with Crippen molar-refractivity contribution < 1.29 is 9.47 Å². The molecule has 0 atom stereocenters. The van der Waals surface area contributed by atoms with Crippen LogP contribution in [0, 0.1) is 0 Å². The molecular formula is C21H17N3O3S. The van der Waals surface area contributed by atoms with E-state index in [2.05, 4.69) is 10.1 Å². The lowest BCUT2D eigenvalue weighted by molar-refractivity contribution is 0.414. The van der Waals surface area contributed by atoms with Gasteiger partial charge in [-0.2, -0.15) is 9.50 Å². The summed E-state index contributed by atoms with van der Waals surface area (Å²) in [7, 11) is 3.25. The second-order valence-electron chi connectivity index (χ2n) is 5.96. The van der Waals surface area contributed by atoms with Gasteiger partial charge in [0.25, 0.3) is 5.56 Å². The Hall–Kier alpha value is -3.45. The van der Waals surface area contributed by atoms with Crippen LogP contribution in [0.2, 0.25) is 0 Å². The molecule has 28 heavy (non-hydrogen) atoms. The van der Waals surface area contributed by atoms with Gasteiger partial charge in [-0.1, -0.05) is 41.7 Å². The summed E-state index contributed by atoms with van der Waals surface area (Å²) in [4.78, 5) is 17.6. The normalized spacial score (nSPS) is 12.1. The minimum absolute atomic E-state index is 0.181. The number of ether oxygens (including phenoxy) is 2. The zero-order chi connectivity index (χ0) is 19.5. The van der Waals surface area contributed by atoms with Crippen molar-refractivity contribution in [1.82, 2.24) is 14.6 Å². The van der Waals surface area contributed by atoms with Gasteiger partial charge in [-0.25, -0.2) is 0 Å². The van der Waals surface area contributed by atoms with Crippen LogP contribution in [0.5, 0.6) is 11.5 Å². The van der Waals surface area contributed by atoms with Crippen molar-refractivity contribution in [2.45, 2.75) is 0 Å². The van der Waals surface area contributed by atoms with E-state index in [1.165, 1.54) is 15.9 Å². The molecule has 7 heteroatoms. The molecule has 6 nitrogen and oxygen atoms in total. The van der Waals surface area contributed by atoms with Gasteiger partial charge in [0.2, 0.25) is 4.96 Å². The first-order valence-corrected chi connectivity index (χ1v) is 9.35. The minimum atomic E-state index is -0.181. The van der Waals surface area contributed by atoms with Gasteiger partial charge in [0.1, 0.15) is 11.5 Å². The van der Waals surface area contributed by atoms with Gasteiger partial charge in [0.05, 0.1) is 18.8 Å². The number of aromatic nitrogens is 3. The Balaban J connectivity index is 1.63. The first-order valence-electron chi connectivity index (χ1n) is 8.54. The number of thiazole rings is 1. The van der Waals surface area contributed by atoms with E-state index < -0.39 is 0 Å². The molecule has 0 fully saturated rings. The van der Waals surface area contributed by atoms with Gasteiger partial charge in [-0.05, 0) is 47.5 Å². The minimum Gasteiger partial charge on any atom is -0.497 e. The smallest absolute Gasteiger partial charge is 0.291 e. The third-order valence-corrected chi connectivity index (χ3v) is 5.09. The number of nitrogens with zero attached hydrogens (tertiary/aromatic N) is 3. The SMILES string of the molecule is COc1ccc(/C=C/c2nc3s/c(=C/c4cccc(OC)c4)c(=O)n3n2)cc1. The molecule has 0 radical (unpaired) electrons. The Labute approximate surface area is 165 Å². The van der Waals surface area contributed by atoms with Crippen LogP contribution < -0.4 is 19.6 Å². The quantitative estimate of drug-likeness (QED) is 0.523. The second-order valence-corrected chi connectivity index (χ2v) is 6.97. The molecule has 0 amide bonds. The Bertz CT molecular complexity index is 1260. The number of benzene rings is 2. The molecule has 4 aromatic rings. The highest BCUT2D eigenvalue weighted by Crippen LogP contribution is 2.14. The Morgan fingerprint density at radius 3 is 2.46 bits per heavy atom. The highest BCUT2D eigenvalue weighted by molar-refractivity contribution is 7.15. The van der Waals surface area contributed by atoms with Crippen molar-refractivity contribution in [3.63, 3.8) is 0 Å². The van der Waals surface area contributed by atoms with Crippen molar-refractivity contribution in [2.75, 3.05) is 14.2 Å². The predicted molar refractivity (Wildman–Crippen MR) is 111 cm³/mol. The largest absolute Gasteiger partial charge is 0.497 e. The Kier molecular flexibility index (Phi) is 4.90. The van der Waals surface area contributed by atoms with Crippen molar-refractivity contribution in [3.8, 4) is 11.5 Å². The molecule has 4 rings (SSSR count). The fourth-order valence-electron chi connectivity index (χ4n) is 2.69. The molecule has 0 N–H and O–H groups in total. The predicted octanol–water partition coefficient (Wildman–Crippen LogP) is 2.89. The number of fused-ring (bicyclic) bond motifs is 1. The van der Waals surface area contributed by atoms with Gasteiger partial charge in [-0.3, -0.25) is 4.79 Å². The molecule has 2 aromatic heterocycles. The van der Waals surface area contributed by atoms with Gasteiger partial charge >= 0.3 is 0 Å². The highest BCUT2D eigenvalue weighted by Gasteiger charge is 2.09. The Morgan fingerprint density at radius 2 is 1.75 bits per heavy atom. The summed E-state index contributed by atoms with van der Waals surface area (Å²) >= 11 is 1.31. The van der Waals surface area contributed by atoms with E-state index in [9.17, 15) is 4.79 Å². The van der Waals surface area contributed by atoms with Crippen LogP contribution in [-0.2, 0) is 0 Å². The molecule has 0 aliphatic rings. The summed E-state index contributed by atoms with van der Waals surface area (Å²) in [6.07, 6.45) is 5.50. The van der Waals surface area contributed by atoms with Crippen molar-refractivity contribution >= 4 is 34.5 Å². The summed E-state index contributed by atoms with van der Waals surface area (Å²) in [5, 5.41) is 4.30. The summed E-state index contributed by atoms with van der Waals surface area (Å²) in [6.45, 7) is 0. The maximum absolute atomic E-state index is 12.6. The summed E-state index contributed by atoms with van der Waals surface area (Å²) in [6, 6.07) is 15.2. The molecular weight excluding hydrogens is 374 g/mol. The lowest BCUT2D eigenvalue weighted by Crippen LogP contribution is -2.23. The molecule has 2 heterocycles. The third kappa shape index (κ3) is 3.65. The number of methoxy groups -OCH3 is 2. The van der Waals surface area contributed by atoms with Crippen molar-refractivity contribution in [1.29, 1.82) is 0 Å². The first-order chi connectivity index (χ1) is 13.7. The van der Waals surface area contributed by atoms with Crippen LogP contribution in [0.3, 0.4) is 0 Å². The number of hydrogen-bond donors (Lipinski definition) is 0. The third-order valence-electron chi connectivity index (χ3n) is 4.13. The molecule has 2 aromatic carbocycles. The van der Waals surface area contributed by atoms with Gasteiger partial charge < -0.3 is 9.47 Å². The van der Waals surface area contributed by atoms with Crippen molar-refractivity contribution in [2.24, 2.45) is 0 Å². The molecule has 0 aliphatic carbocycles. The zero-order valence-corrected chi connectivity index (χ0v) is 16.1. The molecule has 0 saturated heterocycles. The maximum Gasteiger partial charge on any atom is 0.291 e. The number of hydrogen-bond acceptors (Lipinski definition) is 6. The number of rotatable bonds is 5. The van der Waals surface area contributed by atoms with E-state index in [0.29, 0.717) is 15.3 Å². The first kappa shape index (κ1) is 17.9. The lowest BCUT2D eigenvalue weighted by atomic mass is 10.2. The fraction of sp³-hybridized carbons (Fsp3) is 0.0952. The van der Waals surface area contributed by atoms with E-state index in [-0.39, 0.29) is 5.56 Å². The van der Waals surface area contributed by atoms with E-state index >= 15 is 0 Å². The molecule has 0 unspecified atom stereocenters. The van der Waals surface area contributed by atoms with E-state index in [1.807, 2.05) is 60.7 Å². The highest BCUT2D eigenvalue weighted by atomic mass is 32.1. The summed E-state index contributed by atoms with van der Waals surface area (Å²) in [5.74, 6) is 2.03. The van der Waals surface area contributed by atoms with Crippen LogP contribution >= 0.6 is 11.3 Å². The maximum atomic E-state index is 12.6. The van der Waals surface area contributed by atoms with Gasteiger partial charge in [-0.15, -0.1) is 5.10 Å². The standard InChI is InChI=1S/C21H17N3O3S/c1-26-16-9-6-14(7-10-16)8-11-19-22-21-24(23-19)20(25)18(28-21)13-15-4-3-5-17(12-15)27-2/h3-13H,1-2H3/b11-8+,18-13+. The van der Waals surface area contributed by atoms with E-state index in [1.54, 1.807) is 20.3 Å².